The van der Waals surface area contributed by atoms with Crippen LogP contribution in [0.3, 0.4) is 0 Å². The smallest absolute Gasteiger partial charge is 0.409 e. The molecule has 11 heteroatoms. The van der Waals surface area contributed by atoms with Gasteiger partial charge in [0.25, 0.3) is 0 Å². The van der Waals surface area contributed by atoms with Crippen molar-refractivity contribution in [1.29, 1.82) is 5.26 Å². The molecule has 1 fully saturated rings. The van der Waals surface area contributed by atoms with E-state index in [1.54, 1.807) is 42.6 Å². The summed E-state index contributed by atoms with van der Waals surface area (Å²) in [5, 5.41) is 25.6. The monoisotopic (exact) mass is 526 g/mol. The van der Waals surface area contributed by atoms with Crippen LogP contribution in [0.4, 0.5) is 22.1 Å². The third kappa shape index (κ3) is 6.70. The number of morpholine rings is 1. The number of rotatable bonds is 9. The van der Waals surface area contributed by atoms with Crippen molar-refractivity contribution in [2.75, 3.05) is 50.1 Å². The fourth-order valence-corrected chi connectivity index (χ4v) is 4.22. The molecule has 4 aromatic rings. The van der Waals surface area contributed by atoms with Crippen molar-refractivity contribution in [3.63, 3.8) is 0 Å². The van der Waals surface area contributed by atoms with Crippen molar-refractivity contribution in [1.82, 2.24) is 14.9 Å². The molecule has 3 N–H and O–H groups in total. The maximum absolute atomic E-state index is 11.2. The minimum Gasteiger partial charge on any atom is -0.492 e. The lowest BCUT2D eigenvalue weighted by molar-refractivity contribution is 0.0322. The molecule has 0 aliphatic carbocycles. The standard InChI is InChI=1S/C28H26N6O5/c29-18-19-15-20(17-21(16-19)38-14-11-34-9-12-37-13-10-34)31-27-30-8-7-26(33-27)39-25-6-5-24(32-28(35)36)22-3-1-2-4-23(22)25/h1-8,15-17,32H,9-14H2,(H,35,36)(H,30,31,33). The highest BCUT2D eigenvalue weighted by molar-refractivity contribution is 6.02. The second-order valence-corrected chi connectivity index (χ2v) is 8.69. The lowest BCUT2D eigenvalue weighted by Crippen LogP contribution is -2.38. The minimum atomic E-state index is -1.15. The van der Waals surface area contributed by atoms with Gasteiger partial charge < -0.3 is 24.6 Å². The summed E-state index contributed by atoms with van der Waals surface area (Å²) in [6.07, 6.45) is 0.410. The zero-order chi connectivity index (χ0) is 27.0. The summed E-state index contributed by atoms with van der Waals surface area (Å²) in [7, 11) is 0. The summed E-state index contributed by atoms with van der Waals surface area (Å²) < 4.78 is 17.4. The maximum atomic E-state index is 11.2. The fraction of sp³-hybridized carbons (Fsp3) is 0.214. The molecule has 0 radical (unpaired) electrons. The predicted octanol–water partition coefficient (Wildman–Crippen LogP) is 4.84. The van der Waals surface area contributed by atoms with E-state index in [4.69, 9.17) is 19.3 Å². The molecule has 1 aliphatic rings. The first kappa shape index (κ1) is 25.7. The van der Waals surface area contributed by atoms with Crippen LogP contribution in [-0.2, 0) is 4.74 Å². The number of ether oxygens (including phenoxy) is 3. The van der Waals surface area contributed by atoms with Crippen LogP contribution in [-0.4, -0.2) is 65.5 Å². The Morgan fingerprint density at radius 1 is 1.10 bits per heavy atom. The highest BCUT2D eigenvalue weighted by Gasteiger charge is 2.12. The SMILES string of the molecule is N#Cc1cc(Nc2nccc(Oc3ccc(NC(=O)O)c4ccccc34)n2)cc(OCCN2CCOCC2)c1. The molecule has 0 spiro atoms. The summed E-state index contributed by atoms with van der Waals surface area (Å²) in [5.74, 6) is 1.64. The number of amides is 1. The molecule has 1 saturated heterocycles. The van der Waals surface area contributed by atoms with Crippen LogP contribution >= 0.6 is 0 Å². The van der Waals surface area contributed by atoms with Crippen molar-refractivity contribution in [3.8, 4) is 23.4 Å². The molecule has 0 bridgehead atoms. The lowest BCUT2D eigenvalue weighted by atomic mass is 10.1. The van der Waals surface area contributed by atoms with E-state index >= 15 is 0 Å². The Labute approximate surface area is 224 Å². The van der Waals surface area contributed by atoms with E-state index < -0.39 is 6.09 Å². The van der Waals surface area contributed by atoms with Crippen LogP contribution in [0.15, 0.2) is 66.9 Å². The van der Waals surface area contributed by atoms with E-state index in [9.17, 15) is 10.1 Å². The minimum absolute atomic E-state index is 0.273. The molecule has 2 heterocycles. The number of nitrogens with zero attached hydrogens (tertiary/aromatic N) is 4. The van der Waals surface area contributed by atoms with Gasteiger partial charge in [0, 0.05) is 54.4 Å². The number of nitriles is 1. The van der Waals surface area contributed by atoms with Gasteiger partial charge in [-0.15, -0.1) is 0 Å². The Morgan fingerprint density at radius 2 is 1.92 bits per heavy atom. The Bertz CT molecular complexity index is 1520. The first-order valence-corrected chi connectivity index (χ1v) is 12.3. The number of carboxylic acid groups (broad SMARTS) is 1. The number of hydrogen-bond acceptors (Lipinski definition) is 9. The van der Waals surface area contributed by atoms with E-state index in [1.807, 2.05) is 24.3 Å². The van der Waals surface area contributed by atoms with Gasteiger partial charge in [0.2, 0.25) is 11.8 Å². The summed E-state index contributed by atoms with van der Waals surface area (Å²) in [6.45, 7) is 4.47. The molecule has 1 aliphatic heterocycles. The van der Waals surface area contributed by atoms with E-state index in [1.165, 1.54) is 0 Å². The zero-order valence-electron chi connectivity index (χ0n) is 21.0. The molecule has 1 aromatic heterocycles. The van der Waals surface area contributed by atoms with Crippen molar-refractivity contribution in [2.45, 2.75) is 0 Å². The molecular formula is C28H26N6O5. The van der Waals surface area contributed by atoms with Crippen molar-refractivity contribution in [2.24, 2.45) is 0 Å². The van der Waals surface area contributed by atoms with E-state index in [0.717, 1.165) is 38.2 Å². The van der Waals surface area contributed by atoms with Gasteiger partial charge in [0.05, 0.1) is 30.5 Å². The number of fused-ring (bicyclic) bond motifs is 1. The Kier molecular flexibility index (Phi) is 7.97. The van der Waals surface area contributed by atoms with Gasteiger partial charge in [-0.05, 0) is 24.3 Å². The van der Waals surface area contributed by atoms with Gasteiger partial charge in [-0.2, -0.15) is 10.2 Å². The number of nitrogens with one attached hydrogen (secondary N) is 2. The highest BCUT2D eigenvalue weighted by Crippen LogP contribution is 2.34. The van der Waals surface area contributed by atoms with Crippen LogP contribution in [0.25, 0.3) is 10.8 Å². The lowest BCUT2D eigenvalue weighted by Gasteiger charge is -2.26. The molecule has 0 unspecified atom stereocenters. The highest BCUT2D eigenvalue weighted by atomic mass is 16.5. The van der Waals surface area contributed by atoms with Gasteiger partial charge in [0.1, 0.15) is 18.1 Å². The zero-order valence-corrected chi connectivity index (χ0v) is 21.0. The molecule has 1 amide bonds. The summed E-state index contributed by atoms with van der Waals surface area (Å²) in [4.78, 5) is 22.2. The molecule has 0 atom stereocenters. The second kappa shape index (κ2) is 12.1. The van der Waals surface area contributed by atoms with Gasteiger partial charge in [-0.1, -0.05) is 24.3 Å². The summed E-state index contributed by atoms with van der Waals surface area (Å²) >= 11 is 0. The topological polar surface area (TPSA) is 142 Å². The number of aromatic nitrogens is 2. The molecule has 39 heavy (non-hydrogen) atoms. The average molecular weight is 527 g/mol. The predicted molar refractivity (Wildman–Crippen MR) is 145 cm³/mol. The Hall–Kier alpha value is -4.92. The number of benzene rings is 3. The quantitative estimate of drug-likeness (QED) is 0.277. The van der Waals surface area contributed by atoms with Crippen LogP contribution in [0, 0.1) is 11.3 Å². The summed E-state index contributed by atoms with van der Waals surface area (Å²) in [5.41, 5.74) is 1.49. The van der Waals surface area contributed by atoms with Gasteiger partial charge in [-0.25, -0.2) is 9.78 Å². The van der Waals surface area contributed by atoms with E-state index in [-0.39, 0.29) is 11.8 Å². The maximum Gasteiger partial charge on any atom is 0.409 e. The number of hydrogen-bond donors (Lipinski definition) is 3. The Balaban J connectivity index is 1.30. The first-order valence-electron chi connectivity index (χ1n) is 12.3. The molecule has 198 valence electrons. The first-order chi connectivity index (χ1) is 19.1. The summed E-state index contributed by atoms with van der Waals surface area (Å²) in [6, 6.07) is 19.6. The van der Waals surface area contributed by atoms with Crippen LogP contribution in [0.1, 0.15) is 5.56 Å². The molecule has 11 nitrogen and oxygen atoms in total. The van der Waals surface area contributed by atoms with Crippen LogP contribution < -0.4 is 20.1 Å². The normalized spacial score (nSPS) is 13.4. The van der Waals surface area contributed by atoms with Crippen LogP contribution in [0.5, 0.6) is 17.4 Å². The third-order valence-electron chi connectivity index (χ3n) is 6.04. The third-order valence-corrected chi connectivity index (χ3v) is 6.04. The Morgan fingerprint density at radius 3 is 2.72 bits per heavy atom. The van der Waals surface area contributed by atoms with Gasteiger partial charge >= 0.3 is 6.09 Å². The largest absolute Gasteiger partial charge is 0.492 e. The average Bonchev–Trinajstić information content (AvgIpc) is 2.95. The van der Waals surface area contributed by atoms with Crippen molar-refractivity contribution in [3.05, 3.63) is 72.4 Å². The fourth-order valence-electron chi connectivity index (χ4n) is 4.22. The number of carbonyl (C=O) groups is 1. The van der Waals surface area contributed by atoms with E-state index in [2.05, 4.69) is 31.6 Å². The molecule has 0 saturated carbocycles. The number of anilines is 3. The second-order valence-electron chi connectivity index (χ2n) is 8.69. The molecular weight excluding hydrogens is 500 g/mol. The van der Waals surface area contributed by atoms with Gasteiger partial charge in [-0.3, -0.25) is 10.2 Å². The van der Waals surface area contributed by atoms with Crippen molar-refractivity contribution < 1.29 is 24.1 Å². The van der Waals surface area contributed by atoms with E-state index in [0.29, 0.717) is 40.4 Å². The van der Waals surface area contributed by atoms with Crippen LogP contribution in [0.2, 0.25) is 0 Å². The molecule has 5 rings (SSSR count). The van der Waals surface area contributed by atoms with Gasteiger partial charge in [0.15, 0.2) is 0 Å². The van der Waals surface area contributed by atoms with Crippen molar-refractivity contribution >= 4 is 34.2 Å². The molecule has 3 aromatic carbocycles.